The molecule has 1 unspecified atom stereocenters. The molecule has 16 heteroatoms. The number of ether oxygens (including phenoxy) is 2. The second-order valence-electron chi connectivity index (χ2n) is 11.4. The minimum atomic E-state index is -4.36. The maximum absolute atomic E-state index is 13.5. The van der Waals surface area contributed by atoms with Gasteiger partial charge in [0.05, 0.1) is 18.7 Å². The number of esters is 1. The zero-order valence-electron chi connectivity index (χ0n) is 26.2. The van der Waals surface area contributed by atoms with Crippen molar-refractivity contribution in [3.63, 3.8) is 0 Å². The van der Waals surface area contributed by atoms with Crippen LogP contribution >= 0.6 is 0 Å². The summed E-state index contributed by atoms with van der Waals surface area (Å²) in [6.07, 6.45) is 4.08. The number of carbonyl (C=O) groups is 2. The topological polar surface area (TPSA) is 168 Å². The van der Waals surface area contributed by atoms with Crippen molar-refractivity contribution in [2.45, 2.75) is 65.5 Å². The number of aromatic nitrogens is 2. The minimum absolute atomic E-state index is 0.0388. The van der Waals surface area contributed by atoms with Gasteiger partial charge in [-0.05, 0) is 65.2 Å². The Balaban J connectivity index is 2.02. The molecule has 1 aromatic carbocycles. The molecule has 0 spiro atoms. The first-order chi connectivity index (χ1) is 20.4. The van der Waals surface area contributed by atoms with Gasteiger partial charge < -0.3 is 24.6 Å². The molecule has 1 saturated heterocycles. The smallest absolute Gasteiger partial charge is 0.415 e. The fraction of sp³-hybridized carbons (Fsp3) is 0.571. The van der Waals surface area contributed by atoms with Gasteiger partial charge in [-0.25, -0.2) is 31.4 Å². The van der Waals surface area contributed by atoms with Crippen molar-refractivity contribution >= 4 is 49.6 Å². The molecule has 0 saturated carbocycles. The number of hydrogen-bond donors (Lipinski definition) is 1. The van der Waals surface area contributed by atoms with Crippen LogP contribution in [0.2, 0.25) is 0 Å². The van der Waals surface area contributed by atoms with Crippen LogP contribution in [0.15, 0.2) is 30.5 Å². The molecule has 2 heterocycles. The van der Waals surface area contributed by atoms with Crippen LogP contribution in [0.5, 0.6) is 5.75 Å². The second kappa shape index (κ2) is 14.0. The van der Waals surface area contributed by atoms with Crippen LogP contribution in [-0.4, -0.2) is 94.1 Å². The number of sulfonamides is 2. The van der Waals surface area contributed by atoms with E-state index in [4.69, 9.17) is 9.47 Å². The van der Waals surface area contributed by atoms with Crippen molar-refractivity contribution in [2.24, 2.45) is 0 Å². The monoisotopic (exact) mass is 654 g/mol. The normalized spacial score (nSPS) is 14.6. The molecule has 244 valence electrons. The lowest BCUT2D eigenvalue weighted by Gasteiger charge is -2.28. The Kier molecular flexibility index (Phi) is 11.1. The Bertz CT molecular complexity index is 1500. The number of amides is 1. The zero-order chi connectivity index (χ0) is 32.9. The summed E-state index contributed by atoms with van der Waals surface area (Å²) in [6, 6.07) is 5.46. The fourth-order valence-electron chi connectivity index (χ4n) is 4.59. The SMILES string of the molecule is CCN(CC)c1ncc(N(S(C)(=O)=O)S(C)(=O)=O)c(NC(Cc2ccc(OC(=O)N3CCCC3)cc2)C(=O)OC(C)(C)C)n1. The van der Waals surface area contributed by atoms with E-state index in [1.54, 1.807) is 54.8 Å². The van der Waals surface area contributed by atoms with Crippen LogP contribution in [0.1, 0.15) is 53.0 Å². The van der Waals surface area contributed by atoms with Gasteiger partial charge in [0.2, 0.25) is 26.0 Å². The van der Waals surface area contributed by atoms with Gasteiger partial charge >= 0.3 is 12.1 Å². The van der Waals surface area contributed by atoms with E-state index < -0.39 is 43.8 Å². The van der Waals surface area contributed by atoms with Crippen LogP contribution in [0, 0.1) is 0 Å². The van der Waals surface area contributed by atoms with Crippen LogP contribution in [-0.2, 0) is 36.0 Å². The molecule has 1 aliphatic heterocycles. The number of nitrogens with zero attached hydrogens (tertiary/aromatic N) is 5. The van der Waals surface area contributed by atoms with E-state index >= 15 is 0 Å². The third-order valence-electron chi connectivity index (χ3n) is 6.54. The average Bonchev–Trinajstić information content (AvgIpc) is 3.44. The minimum Gasteiger partial charge on any atom is -0.458 e. The van der Waals surface area contributed by atoms with Gasteiger partial charge in [-0.15, -0.1) is 0 Å². The van der Waals surface area contributed by atoms with Gasteiger partial charge in [0.25, 0.3) is 0 Å². The molecule has 1 N–H and O–H groups in total. The molecule has 0 bridgehead atoms. The second-order valence-corrected chi connectivity index (χ2v) is 15.3. The van der Waals surface area contributed by atoms with Crippen molar-refractivity contribution in [1.82, 2.24) is 14.9 Å². The Morgan fingerprint density at radius 2 is 1.57 bits per heavy atom. The lowest BCUT2D eigenvalue weighted by atomic mass is 10.1. The van der Waals surface area contributed by atoms with E-state index in [2.05, 4.69) is 15.3 Å². The summed E-state index contributed by atoms with van der Waals surface area (Å²) in [5.74, 6) is -0.326. The third kappa shape index (κ3) is 9.42. The summed E-state index contributed by atoms with van der Waals surface area (Å²) in [4.78, 5) is 38.0. The van der Waals surface area contributed by atoms with Gasteiger partial charge in [-0.3, -0.25) is 0 Å². The lowest BCUT2D eigenvalue weighted by Crippen LogP contribution is -2.40. The number of likely N-dealkylation sites (tertiary alicyclic amines) is 1. The molecule has 1 amide bonds. The molecule has 0 radical (unpaired) electrons. The Labute approximate surface area is 259 Å². The predicted molar refractivity (Wildman–Crippen MR) is 168 cm³/mol. The number of hydrogen-bond acceptors (Lipinski definition) is 12. The predicted octanol–water partition coefficient (Wildman–Crippen LogP) is 3.01. The van der Waals surface area contributed by atoms with E-state index in [0.717, 1.165) is 31.6 Å². The largest absolute Gasteiger partial charge is 0.458 e. The molecular formula is C28H42N6O8S2. The number of benzene rings is 1. The zero-order valence-corrected chi connectivity index (χ0v) is 27.9. The first-order valence-electron chi connectivity index (χ1n) is 14.3. The fourth-order valence-corrected chi connectivity index (χ4v) is 7.54. The molecule has 1 atom stereocenters. The first kappa shape index (κ1) is 34.8. The summed E-state index contributed by atoms with van der Waals surface area (Å²) < 4.78 is 62.0. The van der Waals surface area contributed by atoms with Crippen molar-refractivity contribution in [3.8, 4) is 5.75 Å². The molecule has 3 rings (SSSR count). The highest BCUT2D eigenvalue weighted by Gasteiger charge is 2.34. The lowest BCUT2D eigenvalue weighted by molar-refractivity contribution is -0.155. The van der Waals surface area contributed by atoms with Crippen molar-refractivity contribution < 1.29 is 35.9 Å². The Hall–Kier alpha value is -3.66. The summed E-state index contributed by atoms with van der Waals surface area (Å²) in [6.45, 7) is 11.2. The number of nitrogens with one attached hydrogen (secondary N) is 1. The van der Waals surface area contributed by atoms with E-state index in [-0.39, 0.29) is 27.6 Å². The number of anilines is 3. The first-order valence-corrected chi connectivity index (χ1v) is 18.0. The van der Waals surface area contributed by atoms with E-state index in [1.807, 2.05) is 13.8 Å². The maximum Gasteiger partial charge on any atom is 0.415 e. The number of carbonyl (C=O) groups excluding carboxylic acids is 2. The third-order valence-corrected chi connectivity index (χ3v) is 9.76. The van der Waals surface area contributed by atoms with Crippen molar-refractivity contribution in [1.29, 1.82) is 0 Å². The van der Waals surface area contributed by atoms with Gasteiger partial charge in [0.15, 0.2) is 5.82 Å². The standard InChI is InChI=1S/C28H42N6O8S2/c1-8-32(9-2)26-29-19-23(34(43(6,37)38)44(7,39)40)24(31-26)30-22(25(35)42-28(3,4)5)18-20-12-14-21(15-13-20)41-27(36)33-16-10-11-17-33/h12-15,19,22H,8-11,16-18H2,1-7H3,(H,29,30,31). The van der Waals surface area contributed by atoms with Gasteiger partial charge in [0.1, 0.15) is 23.1 Å². The highest BCUT2D eigenvalue weighted by molar-refractivity contribution is 8.09. The molecule has 1 fully saturated rings. The van der Waals surface area contributed by atoms with E-state index in [9.17, 15) is 26.4 Å². The van der Waals surface area contributed by atoms with Gasteiger partial charge in [-0.1, -0.05) is 12.1 Å². The molecule has 1 aliphatic rings. The summed E-state index contributed by atoms with van der Waals surface area (Å²) in [5, 5.41) is 2.96. The van der Waals surface area contributed by atoms with Crippen LogP contribution in [0.3, 0.4) is 0 Å². The Morgan fingerprint density at radius 1 is 1.00 bits per heavy atom. The molecule has 14 nitrogen and oxygen atoms in total. The van der Waals surface area contributed by atoms with E-state index in [1.165, 1.54) is 0 Å². The highest BCUT2D eigenvalue weighted by atomic mass is 32.3. The Morgan fingerprint density at radius 3 is 2.07 bits per heavy atom. The molecule has 1 aromatic heterocycles. The molecular weight excluding hydrogens is 612 g/mol. The molecule has 2 aromatic rings. The van der Waals surface area contributed by atoms with Gasteiger partial charge in [-0.2, -0.15) is 8.69 Å². The average molecular weight is 655 g/mol. The maximum atomic E-state index is 13.5. The van der Waals surface area contributed by atoms with E-state index in [0.29, 0.717) is 37.5 Å². The summed E-state index contributed by atoms with van der Waals surface area (Å²) in [7, 11) is -8.71. The quantitative estimate of drug-likeness (QED) is 0.333. The summed E-state index contributed by atoms with van der Waals surface area (Å²) >= 11 is 0. The van der Waals surface area contributed by atoms with Crippen molar-refractivity contribution in [3.05, 3.63) is 36.0 Å². The highest BCUT2D eigenvalue weighted by Crippen LogP contribution is 2.31. The number of rotatable bonds is 12. The van der Waals surface area contributed by atoms with Crippen LogP contribution in [0.25, 0.3) is 0 Å². The summed E-state index contributed by atoms with van der Waals surface area (Å²) in [5.41, 5.74) is -0.586. The van der Waals surface area contributed by atoms with Crippen LogP contribution < -0.4 is 18.7 Å². The van der Waals surface area contributed by atoms with Gasteiger partial charge in [0, 0.05) is 32.6 Å². The van der Waals surface area contributed by atoms with Crippen LogP contribution in [0.4, 0.5) is 22.2 Å². The van der Waals surface area contributed by atoms with Crippen molar-refractivity contribution in [2.75, 3.05) is 52.6 Å². The molecule has 44 heavy (non-hydrogen) atoms. The molecule has 0 aliphatic carbocycles.